The number of carbonyl (C=O) groups excluding carboxylic acids is 1. The largest absolute Gasteiger partial charge is 0.481 e. The Morgan fingerprint density at radius 1 is 1.30 bits per heavy atom. The van der Waals surface area contributed by atoms with Gasteiger partial charge in [-0.1, -0.05) is 26.0 Å². The van der Waals surface area contributed by atoms with Gasteiger partial charge >= 0.3 is 5.97 Å². The van der Waals surface area contributed by atoms with E-state index in [1.54, 1.807) is 32.9 Å². The van der Waals surface area contributed by atoms with Gasteiger partial charge in [-0.05, 0) is 31.4 Å². The second kappa shape index (κ2) is 6.50. The van der Waals surface area contributed by atoms with Crippen LogP contribution in [-0.2, 0) is 9.59 Å². The molecule has 2 N–H and O–H groups in total. The van der Waals surface area contributed by atoms with Gasteiger partial charge in [0, 0.05) is 6.42 Å². The number of carboxylic acid groups (broad SMARTS) is 1. The van der Waals surface area contributed by atoms with Gasteiger partial charge in [-0.3, -0.25) is 9.59 Å². The van der Waals surface area contributed by atoms with Crippen molar-refractivity contribution >= 4 is 17.6 Å². The number of para-hydroxylation sites is 1. The minimum Gasteiger partial charge on any atom is -0.481 e. The molecule has 0 aliphatic carbocycles. The fraction of sp³-hybridized carbons (Fsp3) is 0.467. The molecule has 4 nitrogen and oxygen atoms in total. The number of hydrogen-bond acceptors (Lipinski definition) is 2. The fourth-order valence-electron chi connectivity index (χ4n) is 2.16. The quantitative estimate of drug-likeness (QED) is 0.840. The summed E-state index contributed by atoms with van der Waals surface area (Å²) in [5.74, 6) is -2.00. The molecule has 1 amide bonds. The summed E-state index contributed by atoms with van der Waals surface area (Å²) in [6, 6.07) is 4.50. The van der Waals surface area contributed by atoms with E-state index in [0.29, 0.717) is 18.4 Å². The summed E-state index contributed by atoms with van der Waals surface area (Å²) < 4.78 is 13.6. The summed E-state index contributed by atoms with van der Waals surface area (Å²) in [4.78, 5) is 23.4. The molecule has 0 radical (unpaired) electrons. The van der Waals surface area contributed by atoms with E-state index in [-0.39, 0.29) is 12.1 Å². The number of benzene rings is 1. The van der Waals surface area contributed by atoms with Crippen LogP contribution in [0.2, 0.25) is 0 Å². The standard InChI is InChI=1S/C15H20FNO3/c1-4-15(5-2,14(19)20)9-12(18)17-13-10(3)7-6-8-11(13)16/h6-8H,4-5,9H2,1-3H3,(H,17,18)(H,19,20). The van der Waals surface area contributed by atoms with Crippen LogP contribution in [0.25, 0.3) is 0 Å². The molecule has 0 saturated carbocycles. The molecule has 0 fully saturated rings. The molecule has 0 aliphatic heterocycles. The Balaban J connectivity index is 2.89. The lowest BCUT2D eigenvalue weighted by Crippen LogP contribution is -2.34. The number of carboxylic acids is 1. The second-order valence-electron chi connectivity index (χ2n) is 4.95. The third kappa shape index (κ3) is 3.35. The van der Waals surface area contributed by atoms with Crippen LogP contribution in [0.15, 0.2) is 18.2 Å². The summed E-state index contributed by atoms with van der Waals surface area (Å²) in [7, 11) is 0. The van der Waals surface area contributed by atoms with Crippen molar-refractivity contribution < 1.29 is 19.1 Å². The topological polar surface area (TPSA) is 66.4 Å². The van der Waals surface area contributed by atoms with Crippen molar-refractivity contribution in [3.05, 3.63) is 29.6 Å². The molecule has 0 aliphatic rings. The van der Waals surface area contributed by atoms with Gasteiger partial charge in [0.05, 0.1) is 11.1 Å². The van der Waals surface area contributed by atoms with Gasteiger partial charge in [-0.2, -0.15) is 0 Å². The van der Waals surface area contributed by atoms with Crippen molar-refractivity contribution in [1.82, 2.24) is 0 Å². The van der Waals surface area contributed by atoms with Crippen molar-refractivity contribution in [2.45, 2.75) is 40.0 Å². The van der Waals surface area contributed by atoms with Crippen LogP contribution in [0.5, 0.6) is 0 Å². The Labute approximate surface area is 118 Å². The van der Waals surface area contributed by atoms with E-state index in [2.05, 4.69) is 5.32 Å². The Morgan fingerprint density at radius 2 is 1.90 bits per heavy atom. The number of amides is 1. The van der Waals surface area contributed by atoms with Crippen molar-refractivity contribution in [2.24, 2.45) is 5.41 Å². The van der Waals surface area contributed by atoms with Crippen LogP contribution in [0.3, 0.4) is 0 Å². The number of hydrogen-bond donors (Lipinski definition) is 2. The molecule has 1 aromatic rings. The summed E-state index contributed by atoms with van der Waals surface area (Å²) >= 11 is 0. The third-order valence-electron chi connectivity index (χ3n) is 3.79. The van der Waals surface area contributed by atoms with E-state index in [0.717, 1.165) is 0 Å². The van der Waals surface area contributed by atoms with Gasteiger partial charge < -0.3 is 10.4 Å². The van der Waals surface area contributed by atoms with Crippen molar-refractivity contribution in [1.29, 1.82) is 0 Å². The first-order chi connectivity index (χ1) is 9.36. The highest BCUT2D eigenvalue weighted by Crippen LogP contribution is 2.31. The van der Waals surface area contributed by atoms with Crippen LogP contribution < -0.4 is 5.32 Å². The average Bonchev–Trinajstić information content (AvgIpc) is 2.40. The van der Waals surface area contributed by atoms with E-state index >= 15 is 0 Å². The van der Waals surface area contributed by atoms with Crippen molar-refractivity contribution in [3.8, 4) is 0 Å². The predicted molar refractivity (Wildman–Crippen MR) is 75.0 cm³/mol. The molecule has 0 aromatic heterocycles. The van der Waals surface area contributed by atoms with E-state index in [4.69, 9.17) is 0 Å². The number of rotatable bonds is 6. The van der Waals surface area contributed by atoms with E-state index in [9.17, 15) is 19.1 Å². The van der Waals surface area contributed by atoms with Gasteiger partial charge in [0.2, 0.25) is 5.91 Å². The molecular formula is C15H20FNO3. The molecule has 0 atom stereocenters. The maximum absolute atomic E-state index is 13.6. The maximum Gasteiger partial charge on any atom is 0.310 e. The van der Waals surface area contributed by atoms with E-state index in [1.807, 2.05) is 0 Å². The van der Waals surface area contributed by atoms with Crippen LogP contribution in [0.1, 0.15) is 38.7 Å². The van der Waals surface area contributed by atoms with Gasteiger partial charge in [0.15, 0.2) is 0 Å². The lowest BCUT2D eigenvalue weighted by atomic mass is 9.79. The van der Waals surface area contributed by atoms with Crippen LogP contribution in [-0.4, -0.2) is 17.0 Å². The highest BCUT2D eigenvalue weighted by Gasteiger charge is 2.37. The minimum atomic E-state index is -1.09. The van der Waals surface area contributed by atoms with Gasteiger partial charge in [0.1, 0.15) is 5.82 Å². The Morgan fingerprint density at radius 3 is 2.35 bits per heavy atom. The molecule has 1 rings (SSSR count). The van der Waals surface area contributed by atoms with E-state index < -0.39 is 23.1 Å². The fourth-order valence-corrected chi connectivity index (χ4v) is 2.16. The Bertz CT molecular complexity index is 490. The molecule has 0 saturated heterocycles. The van der Waals surface area contributed by atoms with Gasteiger partial charge in [-0.15, -0.1) is 0 Å². The molecule has 0 heterocycles. The number of nitrogens with one attached hydrogen (secondary N) is 1. The first-order valence-corrected chi connectivity index (χ1v) is 6.64. The lowest BCUT2D eigenvalue weighted by molar-refractivity contribution is -0.151. The number of carbonyl (C=O) groups is 2. The summed E-state index contributed by atoms with van der Waals surface area (Å²) in [6.45, 7) is 5.15. The molecule has 0 unspecified atom stereocenters. The summed E-state index contributed by atoms with van der Waals surface area (Å²) in [6.07, 6.45) is 0.536. The normalized spacial score (nSPS) is 11.2. The molecule has 5 heteroatoms. The average molecular weight is 281 g/mol. The van der Waals surface area contributed by atoms with Crippen LogP contribution >= 0.6 is 0 Å². The zero-order chi connectivity index (χ0) is 15.3. The van der Waals surface area contributed by atoms with Crippen molar-refractivity contribution in [2.75, 3.05) is 5.32 Å². The van der Waals surface area contributed by atoms with Crippen LogP contribution in [0.4, 0.5) is 10.1 Å². The maximum atomic E-state index is 13.6. The number of anilines is 1. The zero-order valence-corrected chi connectivity index (χ0v) is 12.0. The zero-order valence-electron chi connectivity index (χ0n) is 12.0. The van der Waals surface area contributed by atoms with Gasteiger partial charge in [-0.25, -0.2) is 4.39 Å². The first-order valence-electron chi connectivity index (χ1n) is 6.64. The van der Waals surface area contributed by atoms with Crippen LogP contribution in [0, 0.1) is 18.2 Å². The van der Waals surface area contributed by atoms with E-state index in [1.165, 1.54) is 6.07 Å². The number of aryl methyl sites for hydroxylation is 1. The minimum absolute atomic E-state index is 0.115. The second-order valence-corrected chi connectivity index (χ2v) is 4.95. The van der Waals surface area contributed by atoms with Crippen molar-refractivity contribution in [3.63, 3.8) is 0 Å². The molecule has 0 spiro atoms. The summed E-state index contributed by atoms with van der Waals surface area (Å²) in [5.41, 5.74) is -0.375. The highest BCUT2D eigenvalue weighted by atomic mass is 19.1. The number of halogens is 1. The highest BCUT2D eigenvalue weighted by molar-refractivity contribution is 5.94. The Hall–Kier alpha value is -1.91. The SMILES string of the molecule is CCC(CC)(CC(=O)Nc1c(C)cccc1F)C(=O)O. The summed E-state index contributed by atoms with van der Waals surface area (Å²) in [5, 5.41) is 11.8. The molecule has 110 valence electrons. The predicted octanol–water partition coefficient (Wildman–Crippen LogP) is 3.35. The smallest absolute Gasteiger partial charge is 0.310 e. The molecular weight excluding hydrogens is 261 g/mol. The monoisotopic (exact) mass is 281 g/mol. The van der Waals surface area contributed by atoms with Gasteiger partial charge in [0.25, 0.3) is 0 Å². The molecule has 20 heavy (non-hydrogen) atoms. The third-order valence-corrected chi connectivity index (χ3v) is 3.79. The first kappa shape index (κ1) is 16.1. The molecule has 1 aromatic carbocycles. The number of aliphatic carboxylic acids is 1. The molecule has 0 bridgehead atoms. The Kier molecular flexibility index (Phi) is 5.25. The lowest BCUT2D eigenvalue weighted by Gasteiger charge is -2.26.